The molecule has 0 radical (unpaired) electrons. The minimum absolute atomic E-state index is 0.0389. The number of anilines is 1. The molecule has 1 fully saturated rings. The van der Waals surface area contributed by atoms with Crippen molar-refractivity contribution in [2.24, 2.45) is 0 Å². The molecule has 7 heteroatoms. The number of rotatable bonds is 7. The molecule has 7 nitrogen and oxygen atoms in total. The van der Waals surface area contributed by atoms with Gasteiger partial charge in [-0.3, -0.25) is 4.79 Å². The summed E-state index contributed by atoms with van der Waals surface area (Å²) in [5, 5.41) is 4.17. The number of nitrogen functional groups attached to an aromatic ring is 1. The van der Waals surface area contributed by atoms with Gasteiger partial charge in [0.25, 0.3) is 5.91 Å². The number of hydrogen-bond donors (Lipinski definition) is 2. The Morgan fingerprint density at radius 3 is 2.65 bits per heavy atom. The van der Waals surface area contributed by atoms with E-state index in [0.29, 0.717) is 23.4 Å². The molecular formula is C27H31N3O4. The van der Waals surface area contributed by atoms with Gasteiger partial charge in [-0.2, -0.15) is 0 Å². The van der Waals surface area contributed by atoms with E-state index >= 15 is 0 Å². The molecule has 34 heavy (non-hydrogen) atoms. The lowest BCUT2D eigenvalue weighted by Gasteiger charge is -2.32. The number of hydrogen-bond acceptors (Lipinski definition) is 6. The highest BCUT2D eigenvalue weighted by atomic mass is 16.5. The van der Waals surface area contributed by atoms with Crippen LogP contribution >= 0.6 is 0 Å². The fraction of sp³-hybridized carbons (Fsp3) is 0.407. The van der Waals surface area contributed by atoms with Crippen molar-refractivity contribution >= 4 is 22.6 Å². The smallest absolute Gasteiger partial charge is 0.339 e. The van der Waals surface area contributed by atoms with Crippen molar-refractivity contribution in [3.8, 4) is 5.75 Å². The second-order valence-corrected chi connectivity index (χ2v) is 9.27. The number of nitrogens with two attached hydrogens (primary N) is 1. The summed E-state index contributed by atoms with van der Waals surface area (Å²) in [4.78, 5) is 27.0. The Balaban J connectivity index is 1.05. The Labute approximate surface area is 198 Å². The van der Waals surface area contributed by atoms with E-state index in [9.17, 15) is 9.59 Å². The zero-order valence-electron chi connectivity index (χ0n) is 19.3. The van der Waals surface area contributed by atoms with Crippen LogP contribution in [-0.2, 0) is 12.8 Å². The van der Waals surface area contributed by atoms with Crippen LogP contribution in [0.15, 0.2) is 51.7 Å². The molecule has 2 aliphatic rings. The van der Waals surface area contributed by atoms with Gasteiger partial charge in [0.15, 0.2) is 0 Å². The summed E-state index contributed by atoms with van der Waals surface area (Å²) in [6.45, 7) is 3.47. The molecule has 0 unspecified atom stereocenters. The normalized spacial score (nSPS) is 16.5. The third-order valence-electron chi connectivity index (χ3n) is 6.93. The average Bonchev–Trinajstić information content (AvgIpc) is 3.34. The van der Waals surface area contributed by atoms with Crippen molar-refractivity contribution in [3.05, 3.63) is 69.6 Å². The summed E-state index contributed by atoms with van der Waals surface area (Å²) in [5.41, 5.74) is 9.39. The van der Waals surface area contributed by atoms with Crippen LogP contribution in [0.1, 0.15) is 47.2 Å². The van der Waals surface area contributed by atoms with Crippen LogP contribution in [0.3, 0.4) is 0 Å². The molecule has 0 saturated carbocycles. The van der Waals surface area contributed by atoms with E-state index in [0.717, 1.165) is 80.4 Å². The maximum Gasteiger partial charge on any atom is 0.339 e. The van der Waals surface area contributed by atoms with E-state index < -0.39 is 0 Å². The van der Waals surface area contributed by atoms with Crippen molar-refractivity contribution in [2.75, 3.05) is 32.0 Å². The Bertz CT molecular complexity index is 1230. The van der Waals surface area contributed by atoms with E-state index in [1.54, 1.807) is 24.3 Å². The van der Waals surface area contributed by atoms with Gasteiger partial charge >= 0.3 is 5.63 Å². The van der Waals surface area contributed by atoms with Gasteiger partial charge in [-0.05, 0) is 80.5 Å². The number of carbonyl (C=O) groups excluding carboxylic acids is 1. The van der Waals surface area contributed by atoms with Crippen molar-refractivity contribution in [1.82, 2.24) is 10.2 Å². The number of nitrogens with zero attached hydrogens (tertiary/aromatic N) is 1. The quantitative estimate of drug-likeness (QED) is 0.317. The summed E-state index contributed by atoms with van der Waals surface area (Å²) in [6, 6.07) is 13.0. The van der Waals surface area contributed by atoms with Crippen LogP contribution in [0.4, 0.5) is 5.69 Å². The van der Waals surface area contributed by atoms with Crippen molar-refractivity contribution in [1.29, 1.82) is 0 Å². The number of benzene rings is 2. The van der Waals surface area contributed by atoms with Gasteiger partial charge in [-0.25, -0.2) is 4.79 Å². The van der Waals surface area contributed by atoms with Crippen LogP contribution in [0.25, 0.3) is 11.0 Å². The fourth-order valence-electron chi connectivity index (χ4n) is 5.04. The number of ether oxygens (including phenoxy) is 1. The first-order valence-electron chi connectivity index (χ1n) is 12.2. The van der Waals surface area contributed by atoms with Crippen molar-refractivity contribution < 1.29 is 13.9 Å². The largest absolute Gasteiger partial charge is 0.493 e. The highest BCUT2D eigenvalue weighted by molar-refractivity contribution is 5.94. The molecule has 2 aromatic carbocycles. The summed E-state index contributed by atoms with van der Waals surface area (Å²) >= 11 is 0. The van der Waals surface area contributed by atoms with E-state index in [1.165, 1.54) is 0 Å². The number of carbonyl (C=O) groups is 1. The second kappa shape index (κ2) is 9.89. The van der Waals surface area contributed by atoms with E-state index in [4.69, 9.17) is 14.9 Å². The zero-order valence-corrected chi connectivity index (χ0v) is 19.3. The number of nitrogens with one attached hydrogen (secondary N) is 1. The Morgan fingerprint density at radius 1 is 1.09 bits per heavy atom. The Morgan fingerprint density at radius 2 is 1.85 bits per heavy atom. The third kappa shape index (κ3) is 4.94. The summed E-state index contributed by atoms with van der Waals surface area (Å²) in [5.74, 6) is 0.695. The lowest BCUT2D eigenvalue weighted by Crippen LogP contribution is -2.45. The first-order valence-corrected chi connectivity index (χ1v) is 12.2. The summed E-state index contributed by atoms with van der Waals surface area (Å²) in [7, 11) is 0. The minimum Gasteiger partial charge on any atom is -0.493 e. The van der Waals surface area contributed by atoms with Gasteiger partial charge in [0, 0.05) is 53.9 Å². The van der Waals surface area contributed by atoms with E-state index in [1.807, 2.05) is 18.2 Å². The number of fused-ring (bicyclic) bond motifs is 3. The third-order valence-corrected chi connectivity index (χ3v) is 6.93. The van der Waals surface area contributed by atoms with Gasteiger partial charge in [0.1, 0.15) is 11.3 Å². The van der Waals surface area contributed by atoms with Gasteiger partial charge in [-0.15, -0.1) is 0 Å². The average molecular weight is 462 g/mol. The molecule has 1 aromatic heterocycles. The molecule has 0 spiro atoms. The lowest BCUT2D eigenvalue weighted by atomic mass is 10.0. The minimum atomic E-state index is -0.204. The van der Waals surface area contributed by atoms with Crippen LogP contribution in [-0.4, -0.2) is 43.1 Å². The number of likely N-dealkylation sites (tertiary alicyclic amines) is 1. The van der Waals surface area contributed by atoms with E-state index in [-0.39, 0.29) is 17.6 Å². The van der Waals surface area contributed by atoms with Gasteiger partial charge < -0.3 is 25.1 Å². The maximum atomic E-state index is 12.4. The molecule has 1 amide bonds. The maximum absolute atomic E-state index is 12.4. The Hall–Kier alpha value is -3.32. The molecule has 5 rings (SSSR count). The fourth-order valence-corrected chi connectivity index (χ4v) is 5.04. The topological polar surface area (TPSA) is 97.8 Å². The van der Waals surface area contributed by atoms with Gasteiger partial charge in [-0.1, -0.05) is 0 Å². The number of aryl methyl sites for hydroxylation is 1. The van der Waals surface area contributed by atoms with Gasteiger partial charge in [0.05, 0.1) is 6.61 Å². The highest BCUT2D eigenvalue weighted by Gasteiger charge is 2.21. The van der Waals surface area contributed by atoms with Gasteiger partial charge in [0.2, 0.25) is 0 Å². The molecule has 1 saturated heterocycles. The van der Waals surface area contributed by atoms with E-state index in [2.05, 4.69) is 10.2 Å². The SMILES string of the molecule is Nc1ccc(C(=O)NC2CCN(CCCOc3ccc4c5c(c(=O)oc4c3)CCC5)CC2)cc1. The Kier molecular flexibility index (Phi) is 6.54. The molecule has 3 N–H and O–H groups in total. The number of piperidine rings is 1. The van der Waals surface area contributed by atoms with Crippen molar-refractivity contribution in [2.45, 2.75) is 44.6 Å². The molecule has 0 bridgehead atoms. The lowest BCUT2D eigenvalue weighted by molar-refractivity contribution is 0.0909. The number of amides is 1. The monoisotopic (exact) mass is 461 g/mol. The first-order chi connectivity index (χ1) is 16.6. The second-order valence-electron chi connectivity index (χ2n) is 9.27. The molecule has 0 atom stereocenters. The van der Waals surface area contributed by atoms with Crippen molar-refractivity contribution in [3.63, 3.8) is 0 Å². The standard InChI is InChI=1S/C27H31N3O4/c28-19-7-5-18(6-8-19)26(31)29-20-11-14-30(15-12-20)13-2-16-33-21-9-10-23-22-3-1-4-24(22)27(32)34-25(23)17-21/h5-10,17,20H,1-4,11-16,28H2,(H,29,31). The predicted octanol–water partition coefficient (Wildman–Crippen LogP) is 3.53. The molecule has 3 aromatic rings. The molecule has 2 heterocycles. The molecule has 1 aliphatic heterocycles. The molecular weight excluding hydrogens is 430 g/mol. The molecule has 1 aliphatic carbocycles. The summed E-state index contributed by atoms with van der Waals surface area (Å²) in [6.07, 6.45) is 5.57. The van der Waals surface area contributed by atoms with Crippen LogP contribution in [0.2, 0.25) is 0 Å². The van der Waals surface area contributed by atoms with Crippen LogP contribution in [0, 0.1) is 0 Å². The highest BCUT2D eigenvalue weighted by Crippen LogP contribution is 2.29. The summed E-state index contributed by atoms with van der Waals surface area (Å²) < 4.78 is 11.5. The van der Waals surface area contributed by atoms with Crippen LogP contribution in [0.5, 0.6) is 5.75 Å². The molecule has 178 valence electrons. The van der Waals surface area contributed by atoms with Crippen LogP contribution < -0.4 is 21.4 Å². The predicted molar refractivity (Wildman–Crippen MR) is 132 cm³/mol. The first kappa shape index (κ1) is 22.5. The zero-order chi connectivity index (χ0) is 23.5.